The van der Waals surface area contributed by atoms with Crippen molar-refractivity contribution in [3.63, 3.8) is 0 Å². The molecule has 1 saturated heterocycles. The van der Waals surface area contributed by atoms with Crippen LogP contribution in [-0.2, 0) is 11.2 Å². The molecule has 0 aliphatic carbocycles. The van der Waals surface area contributed by atoms with E-state index in [4.69, 9.17) is 11.6 Å². The Morgan fingerprint density at radius 3 is 2.82 bits per heavy atom. The summed E-state index contributed by atoms with van der Waals surface area (Å²) >= 11 is 5.80. The molecule has 0 aromatic heterocycles. The normalized spacial score (nSPS) is 19.9. The molecule has 1 amide bonds. The van der Waals surface area contributed by atoms with E-state index < -0.39 is 0 Å². The van der Waals surface area contributed by atoms with Crippen molar-refractivity contribution < 1.29 is 4.79 Å². The molecular weight excluding hydrogens is 236 g/mol. The maximum absolute atomic E-state index is 11.8. The fourth-order valence-corrected chi connectivity index (χ4v) is 2.17. The van der Waals surface area contributed by atoms with Crippen molar-refractivity contribution in [2.45, 2.75) is 25.3 Å². The van der Waals surface area contributed by atoms with Crippen molar-refractivity contribution in [3.8, 4) is 0 Å². The van der Waals surface area contributed by atoms with Gasteiger partial charge in [0.05, 0.1) is 6.42 Å². The second-order valence-electron chi connectivity index (χ2n) is 4.41. The Kier molecular flexibility index (Phi) is 4.40. The minimum atomic E-state index is 0.0843. The van der Waals surface area contributed by atoms with Crippen molar-refractivity contribution in [1.82, 2.24) is 10.6 Å². The minimum Gasteiger partial charge on any atom is -0.352 e. The molecule has 1 fully saturated rings. The summed E-state index contributed by atoms with van der Waals surface area (Å²) in [5.74, 6) is 0.0843. The Morgan fingerprint density at radius 1 is 1.41 bits per heavy atom. The summed E-state index contributed by atoms with van der Waals surface area (Å²) in [7, 11) is 0. The molecular formula is C13H17ClN2O. The first kappa shape index (κ1) is 12.4. The Hall–Kier alpha value is -1.06. The molecule has 1 aliphatic rings. The van der Waals surface area contributed by atoms with Gasteiger partial charge in [0.25, 0.3) is 0 Å². The highest BCUT2D eigenvalue weighted by molar-refractivity contribution is 6.30. The summed E-state index contributed by atoms with van der Waals surface area (Å²) in [6, 6.07) is 7.68. The van der Waals surface area contributed by atoms with Crippen LogP contribution in [0, 0.1) is 0 Å². The number of rotatable bonds is 3. The number of hydrogen-bond acceptors (Lipinski definition) is 2. The zero-order valence-corrected chi connectivity index (χ0v) is 10.5. The van der Waals surface area contributed by atoms with Crippen molar-refractivity contribution >= 4 is 17.5 Å². The molecule has 92 valence electrons. The second-order valence-corrected chi connectivity index (χ2v) is 4.85. The van der Waals surface area contributed by atoms with Crippen molar-refractivity contribution in [1.29, 1.82) is 0 Å². The summed E-state index contributed by atoms with van der Waals surface area (Å²) in [6.07, 6.45) is 2.62. The highest BCUT2D eigenvalue weighted by Gasteiger charge is 2.15. The molecule has 4 heteroatoms. The molecule has 1 atom stereocenters. The highest BCUT2D eigenvalue weighted by Crippen LogP contribution is 2.10. The van der Waals surface area contributed by atoms with E-state index in [1.54, 1.807) is 0 Å². The fraction of sp³-hybridized carbons (Fsp3) is 0.462. The zero-order chi connectivity index (χ0) is 12.1. The smallest absolute Gasteiger partial charge is 0.224 e. The summed E-state index contributed by atoms with van der Waals surface area (Å²) in [5, 5.41) is 7.03. The van der Waals surface area contributed by atoms with Crippen molar-refractivity contribution in [2.75, 3.05) is 13.1 Å². The van der Waals surface area contributed by atoms with Gasteiger partial charge in [0, 0.05) is 17.6 Å². The van der Waals surface area contributed by atoms with Gasteiger partial charge in [0.15, 0.2) is 0 Å². The maximum Gasteiger partial charge on any atom is 0.224 e. The van der Waals surface area contributed by atoms with Crippen LogP contribution >= 0.6 is 11.6 Å². The summed E-state index contributed by atoms with van der Waals surface area (Å²) < 4.78 is 0. The van der Waals surface area contributed by atoms with Crippen LogP contribution in [-0.4, -0.2) is 25.0 Å². The average molecular weight is 253 g/mol. The van der Waals surface area contributed by atoms with E-state index in [2.05, 4.69) is 10.6 Å². The van der Waals surface area contributed by atoms with Gasteiger partial charge in [-0.1, -0.05) is 23.7 Å². The van der Waals surface area contributed by atoms with E-state index in [0.717, 1.165) is 31.5 Å². The highest BCUT2D eigenvalue weighted by atomic mass is 35.5. The van der Waals surface area contributed by atoms with E-state index in [9.17, 15) is 4.79 Å². The van der Waals surface area contributed by atoms with Crippen molar-refractivity contribution in [3.05, 3.63) is 34.9 Å². The van der Waals surface area contributed by atoms with Crippen LogP contribution in [0.5, 0.6) is 0 Å². The molecule has 0 radical (unpaired) electrons. The number of piperidine rings is 1. The third-order valence-corrected chi connectivity index (χ3v) is 3.19. The van der Waals surface area contributed by atoms with Gasteiger partial charge in [-0.05, 0) is 37.1 Å². The largest absolute Gasteiger partial charge is 0.352 e. The number of carbonyl (C=O) groups is 1. The van der Waals surface area contributed by atoms with E-state index in [0.29, 0.717) is 11.4 Å². The third kappa shape index (κ3) is 4.02. The molecule has 17 heavy (non-hydrogen) atoms. The molecule has 2 N–H and O–H groups in total. The van der Waals surface area contributed by atoms with E-state index in [1.807, 2.05) is 24.3 Å². The van der Waals surface area contributed by atoms with Gasteiger partial charge in [-0.3, -0.25) is 4.79 Å². The molecule has 1 heterocycles. The van der Waals surface area contributed by atoms with Gasteiger partial charge >= 0.3 is 0 Å². The maximum atomic E-state index is 11.8. The molecule has 0 unspecified atom stereocenters. The van der Waals surface area contributed by atoms with Crippen LogP contribution in [0.25, 0.3) is 0 Å². The van der Waals surface area contributed by atoms with Gasteiger partial charge in [0.2, 0.25) is 5.91 Å². The quantitative estimate of drug-likeness (QED) is 0.861. The average Bonchev–Trinajstić information content (AvgIpc) is 2.33. The first-order chi connectivity index (χ1) is 8.24. The lowest BCUT2D eigenvalue weighted by Crippen LogP contribution is -2.46. The lowest BCUT2D eigenvalue weighted by atomic mass is 10.1. The van der Waals surface area contributed by atoms with Crippen LogP contribution in [0.4, 0.5) is 0 Å². The molecule has 0 spiro atoms. The fourth-order valence-electron chi connectivity index (χ4n) is 2.04. The van der Waals surface area contributed by atoms with Gasteiger partial charge in [-0.25, -0.2) is 0 Å². The van der Waals surface area contributed by atoms with E-state index >= 15 is 0 Å². The number of amides is 1. The molecule has 1 aromatic rings. The summed E-state index contributed by atoms with van der Waals surface area (Å²) in [4.78, 5) is 11.8. The zero-order valence-electron chi connectivity index (χ0n) is 9.71. The SMILES string of the molecule is O=C(Cc1ccc(Cl)cc1)N[C@@H]1CCCNC1. The Balaban J connectivity index is 1.82. The Labute approximate surface area is 107 Å². The van der Waals surface area contributed by atoms with Gasteiger partial charge < -0.3 is 10.6 Å². The molecule has 1 aromatic carbocycles. The van der Waals surface area contributed by atoms with Crippen LogP contribution in [0.1, 0.15) is 18.4 Å². The standard InChI is InChI=1S/C13H17ClN2O/c14-11-5-3-10(4-6-11)8-13(17)16-12-2-1-7-15-9-12/h3-6,12,15H,1-2,7-9H2,(H,16,17)/t12-/m1/s1. The van der Waals surface area contributed by atoms with Crippen LogP contribution < -0.4 is 10.6 Å². The van der Waals surface area contributed by atoms with Crippen molar-refractivity contribution in [2.24, 2.45) is 0 Å². The number of benzene rings is 1. The monoisotopic (exact) mass is 252 g/mol. The first-order valence-corrected chi connectivity index (χ1v) is 6.36. The van der Waals surface area contributed by atoms with Crippen LogP contribution in [0.2, 0.25) is 5.02 Å². The molecule has 2 rings (SSSR count). The Bertz CT molecular complexity index is 372. The first-order valence-electron chi connectivity index (χ1n) is 5.98. The van der Waals surface area contributed by atoms with Crippen LogP contribution in [0.3, 0.4) is 0 Å². The molecule has 0 saturated carbocycles. The molecule has 3 nitrogen and oxygen atoms in total. The predicted octanol–water partition coefficient (Wildman–Crippen LogP) is 1.75. The molecule has 0 bridgehead atoms. The lowest BCUT2D eigenvalue weighted by Gasteiger charge is -2.23. The van der Waals surface area contributed by atoms with Gasteiger partial charge in [0.1, 0.15) is 0 Å². The topological polar surface area (TPSA) is 41.1 Å². The second kappa shape index (κ2) is 6.03. The summed E-state index contributed by atoms with van der Waals surface area (Å²) in [5.41, 5.74) is 0.996. The number of halogens is 1. The van der Waals surface area contributed by atoms with E-state index in [1.165, 1.54) is 0 Å². The van der Waals surface area contributed by atoms with Crippen LogP contribution in [0.15, 0.2) is 24.3 Å². The Morgan fingerprint density at radius 2 is 2.18 bits per heavy atom. The third-order valence-electron chi connectivity index (χ3n) is 2.94. The minimum absolute atomic E-state index is 0.0843. The van der Waals surface area contributed by atoms with Gasteiger partial charge in [-0.15, -0.1) is 0 Å². The van der Waals surface area contributed by atoms with E-state index in [-0.39, 0.29) is 11.9 Å². The lowest BCUT2D eigenvalue weighted by molar-refractivity contribution is -0.121. The predicted molar refractivity (Wildman–Crippen MR) is 69.2 cm³/mol. The summed E-state index contributed by atoms with van der Waals surface area (Å²) in [6.45, 7) is 1.94. The number of hydrogen-bond donors (Lipinski definition) is 2. The molecule has 1 aliphatic heterocycles. The number of nitrogens with one attached hydrogen (secondary N) is 2. The number of carbonyl (C=O) groups excluding carboxylic acids is 1. The van der Waals surface area contributed by atoms with Gasteiger partial charge in [-0.2, -0.15) is 0 Å².